The van der Waals surface area contributed by atoms with Crippen molar-refractivity contribution in [2.45, 2.75) is 414 Å². The van der Waals surface area contributed by atoms with Crippen LogP contribution in [0.2, 0.25) is 0 Å². The van der Waals surface area contributed by atoms with E-state index in [9.17, 15) is 43.2 Å². The van der Waals surface area contributed by atoms with Crippen LogP contribution in [-0.4, -0.2) is 96.7 Å². The highest BCUT2D eigenvalue weighted by Crippen LogP contribution is 2.45. The van der Waals surface area contributed by atoms with Crippen molar-refractivity contribution in [1.82, 2.24) is 0 Å². The molecule has 0 radical (unpaired) electrons. The van der Waals surface area contributed by atoms with E-state index < -0.39 is 97.5 Å². The molecule has 0 bridgehead atoms. The average molecular weight is 1420 g/mol. The van der Waals surface area contributed by atoms with Crippen LogP contribution in [0.25, 0.3) is 0 Å². The van der Waals surface area contributed by atoms with Crippen LogP contribution in [0.1, 0.15) is 396 Å². The molecule has 97 heavy (non-hydrogen) atoms. The largest absolute Gasteiger partial charge is 0.472 e. The van der Waals surface area contributed by atoms with Gasteiger partial charge in [-0.1, -0.05) is 344 Å². The summed E-state index contributed by atoms with van der Waals surface area (Å²) in [5.74, 6) is 0.888. The molecule has 0 aliphatic heterocycles. The number of hydrogen-bond donors (Lipinski definition) is 3. The van der Waals surface area contributed by atoms with E-state index in [0.29, 0.717) is 31.6 Å². The number of phosphoric acid groups is 2. The second-order valence-electron chi connectivity index (χ2n) is 30.0. The predicted molar refractivity (Wildman–Crippen MR) is 395 cm³/mol. The van der Waals surface area contributed by atoms with Gasteiger partial charge in [-0.15, -0.1) is 0 Å². The zero-order valence-electron chi connectivity index (χ0n) is 63.7. The van der Waals surface area contributed by atoms with Gasteiger partial charge < -0.3 is 33.8 Å². The molecule has 5 atom stereocenters. The molecule has 576 valence electrons. The molecule has 17 nitrogen and oxygen atoms in total. The van der Waals surface area contributed by atoms with E-state index in [1.807, 2.05) is 0 Å². The molecule has 0 fully saturated rings. The fourth-order valence-electron chi connectivity index (χ4n) is 11.9. The second kappa shape index (κ2) is 67.2. The first-order chi connectivity index (χ1) is 46.6. The van der Waals surface area contributed by atoms with E-state index in [0.717, 1.165) is 108 Å². The minimum absolute atomic E-state index is 0.101. The first kappa shape index (κ1) is 95.1. The van der Waals surface area contributed by atoms with Gasteiger partial charge in [0.1, 0.15) is 19.3 Å². The van der Waals surface area contributed by atoms with Gasteiger partial charge in [-0.2, -0.15) is 0 Å². The lowest BCUT2D eigenvalue weighted by Crippen LogP contribution is -2.30. The molecule has 0 aromatic heterocycles. The van der Waals surface area contributed by atoms with Gasteiger partial charge in [0.15, 0.2) is 12.2 Å². The van der Waals surface area contributed by atoms with E-state index in [1.54, 1.807) is 0 Å². The summed E-state index contributed by atoms with van der Waals surface area (Å²) < 4.78 is 68.5. The number of esters is 4. The van der Waals surface area contributed by atoms with Crippen LogP contribution in [0.5, 0.6) is 0 Å². The van der Waals surface area contributed by atoms with Gasteiger partial charge in [0.25, 0.3) is 0 Å². The Morgan fingerprint density at radius 2 is 0.433 bits per heavy atom. The molecule has 0 aromatic rings. The Hall–Kier alpha value is -1.94. The lowest BCUT2D eigenvalue weighted by Gasteiger charge is -2.21. The molecule has 0 spiro atoms. The highest BCUT2D eigenvalue weighted by atomic mass is 31.2. The Kier molecular flexibility index (Phi) is 65.9. The standard InChI is InChI=1S/C78H152O17P2/c1-68(2)54-46-38-30-24-20-16-12-9-10-14-19-23-27-35-44-52-60-77(82)94-73(64-88-75(80)58-50-42-33-26-22-18-15-11-13-17-21-25-31-39-47-55-69(3)4)66-92-96(84,85)90-62-72(79)63-91-97(86,87)93-67-74(95-78(83)61-53-45-37-36-41-49-57-71(7)8)65-89-76(81)59-51-43-34-29-28-32-40-48-56-70(5)6/h68-74,79H,9-67H2,1-8H3,(H,84,85)(H,86,87)/t72?,73-,74-/m1/s1. The van der Waals surface area contributed by atoms with E-state index in [4.69, 9.17) is 37.0 Å². The summed E-state index contributed by atoms with van der Waals surface area (Å²) in [5, 5.41) is 10.6. The number of ether oxygens (including phenoxy) is 4. The first-order valence-corrected chi connectivity index (χ1v) is 43.2. The van der Waals surface area contributed by atoms with Crippen LogP contribution in [0.3, 0.4) is 0 Å². The molecule has 19 heteroatoms. The number of unbranched alkanes of at least 4 members (excludes halogenated alkanes) is 41. The summed E-state index contributed by atoms with van der Waals surface area (Å²) in [6.07, 6.45) is 53.1. The van der Waals surface area contributed by atoms with E-state index in [-0.39, 0.29) is 25.7 Å². The number of aliphatic hydroxyl groups excluding tert-OH is 1. The fourth-order valence-corrected chi connectivity index (χ4v) is 13.5. The van der Waals surface area contributed by atoms with Gasteiger partial charge in [-0.25, -0.2) is 9.13 Å². The number of hydrogen-bond acceptors (Lipinski definition) is 15. The summed E-state index contributed by atoms with van der Waals surface area (Å²) in [4.78, 5) is 72.8. The van der Waals surface area contributed by atoms with Gasteiger partial charge >= 0.3 is 39.5 Å². The van der Waals surface area contributed by atoms with Gasteiger partial charge in [-0.3, -0.25) is 37.3 Å². The summed E-state index contributed by atoms with van der Waals surface area (Å²) in [7, 11) is -9.91. The minimum Gasteiger partial charge on any atom is -0.462 e. The molecule has 0 saturated heterocycles. The summed E-state index contributed by atoms with van der Waals surface area (Å²) in [6, 6.07) is 0. The molecule has 0 rings (SSSR count). The van der Waals surface area contributed by atoms with E-state index >= 15 is 0 Å². The van der Waals surface area contributed by atoms with Crippen LogP contribution in [0.15, 0.2) is 0 Å². The number of carbonyl (C=O) groups is 4. The predicted octanol–water partition coefficient (Wildman–Crippen LogP) is 22.8. The first-order valence-electron chi connectivity index (χ1n) is 40.2. The topological polar surface area (TPSA) is 237 Å². The van der Waals surface area contributed by atoms with Crippen LogP contribution < -0.4 is 0 Å². The van der Waals surface area contributed by atoms with Crippen LogP contribution >= 0.6 is 15.6 Å². The van der Waals surface area contributed by atoms with E-state index in [2.05, 4.69) is 55.4 Å². The smallest absolute Gasteiger partial charge is 0.462 e. The highest BCUT2D eigenvalue weighted by Gasteiger charge is 2.30. The molecular weight excluding hydrogens is 1270 g/mol. The Labute approximate surface area is 594 Å². The molecule has 0 heterocycles. The third-order valence-corrected chi connectivity index (χ3v) is 20.0. The Morgan fingerprint density at radius 3 is 0.639 bits per heavy atom. The number of aliphatic hydroxyl groups is 1. The maximum absolute atomic E-state index is 13.1. The van der Waals surface area contributed by atoms with Crippen molar-refractivity contribution >= 4 is 39.5 Å². The van der Waals surface area contributed by atoms with Crippen LogP contribution in [0, 0.1) is 23.7 Å². The van der Waals surface area contributed by atoms with Crippen LogP contribution in [0.4, 0.5) is 0 Å². The van der Waals surface area contributed by atoms with Crippen molar-refractivity contribution in [2.24, 2.45) is 23.7 Å². The third kappa shape index (κ3) is 72.2. The number of phosphoric ester groups is 2. The van der Waals surface area contributed by atoms with Gasteiger partial charge in [0.05, 0.1) is 26.4 Å². The van der Waals surface area contributed by atoms with Gasteiger partial charge in [0, 0.05) is 25.7 Å². The zero-order valence-corrected chi connectivity index (χ0v) is 65.5. The van der Waals surface area contributed by atoms with Crippen molar-refractivity contribution in [2.75, 3.05) is 39.6 Å². The monoisotopic (exact) mass is 1420 g/mol. The molecule has 3 N–H and O–H groups in total. The second-order valence-corrected chi connectivity index (χ2v) is 32.9. The van der Waals surface area contributed by atoms with Gasteiger partial charge in [0.2, 0.25) is 0 Å². The summed E-state index contributed by atoms with van der Waals surface area (Å²) >= 11 is 0. The van der Waals surface area contributed by atoms with Crippen molar-refractivity contribution in [3.63, 3.8) is 0 Å². The molecular formula is C78H152O17P2. The number of carbonyl (C=O) groups excluding carboxylic acids is 4. The average Bonchev–Trinajstić information content (AvgIpc) is 1.23. The van der Waals surface area contributed by atoms with Crippen LogP contribution in [-0.2, 0) is 65.4 Å². The Balaban J connectivity index is 5.21. The fraction of sp³-hybridized carbons (Fsp3) is 0.949. The van der Waals surface area contributed by atoms with Crippen molar-refractivity contribution in [1.29, 1.82) is 0 Å². The third-order valence-electron chi connectivity index (χ3n) is 18.1. The SMILES string of the molecule is CC(C)CCCCCCCCCCCCCCCCCCC(=O)O[C@H](COC(=O)CCCCCCCCCCCCCCCCCC(C)C)COP(=O)(O)OCC(O)COP(=O)(O)OC[C@@H](COC(=O)CCCCCCCCCCC(C)C)OC(=O)CCCCCCCCC(C)C. The van der Waals surface area contributed by atoms with Crippen molar-refractivity contribution < 1.29 is 80.2 Å². The number of rotatable bonds is 75. The zero-order chi connectivity index (χ0) is 71.7. The lowest BCUT2D eigenvalue weighted by molar-refractivity contribution is -0.161. The summed E-state index contributed by atoms with van der Waals surface area (Å²) in [5.41, 5.74) is 0. The molecule has 0 aliphatic rings. The normalized spacial score (nSPS) is 14.1. The Morgan fingerprint density at radius 1 is 0.258 bits per heavy atom. The van der Waals surface area contributed by atoms with Crippen molar-refractivity contribution in [3.05, 3.63) is 0 Å². The maximum atomic E-state index is 13.1. The Bertz CT molecular complexity index is 1900. The molecule has 0 aromatic carbocycles. The maximum Gasteiger partial charge on any atom is 0.472 e. The molecule has 0 aliphatic carbocycles. The lowest BCUT2D eigenvalue weighted by atomic mass is 10.0. The van der Waals surface area contributed by atoms with Crippen molar-refractivity contribution in [3.8, 4) is 0 Å². The highest BCUT2D eigenvalue weighted by molar-refractivity contribution is 7.47. The molecule has 0 saturated carbocycles. The molecule has 3 unspecified atom stereocenters. The minimum atomic E-state index is -4.96. The quantitative estimate of drug-likeness (QED) is 0.0222. The van der Waals surface area contributed by atoms with Gasteiger partial charge in [-0.05, 0) is 49.4 Å². The van der Waals surface area contributed by atoms with E-state index in [1.165, 1.54) is 199 Å². The molecule has 0 amide bonds. The summed E-state index contributed by atoms with van der Waals surface area (Å²) in [6.45, 7) is 14.1.